The number of carbonyl (C=O) groups excluding carboxylic acids is 1. The molecule has 4 aromatic rings. The number of fused-ring (bicyclic) bond motifs is 1. The van der Waals surface area contributed by atoms with Gasteiger partial charge in [-0.3, -0.25) is 4.79 Å². The smallest absolute Gasteiger partial charge is 0.252 e. The molecule has 0 atom stereocenters. The largest absolute Gasteiger partial charge is 0.381 e. The first-order valence-corrected chi connectivity index (χ1v) is 8.23. The molecule has 0 saturated heterocycles. The number of para-hydroxylation sites is 1. The second kappa shape index (κ2) is 6.68. The Bertz CT molecular complexity index is 1050. The van der Waals surface area contributed by atoms with Crippen LogP contribution in [0.5, 0.6) is 0 Å². The third-order valence-corrected chi connectivity index (χ3v) is 4.21. The SMILES string of the molecule is NC(=O)c1ccc(-c2ccc(CNc3ccccc3)cc2)n2ncnc12. The van der Waals surface area contributed by atoms with Crippen LogP contribution in [0.3, 0.4) is 0 Å². The molecule has 26 heavy (non-hydrogen) atoms. The summed E-state index contributed by atoms with van der Waals surface area (Å²) in [5.41, 5.74) is 10.3. The summed E-state index contributed by atoms with van der Waals surface area (Å²) in [6.45, 7) is 0.740. The number of nitrogens with zero attached hydrogens (tertiary/aromatic N) is 3. The zero-order valence-corrected chi connectivity index (χ0v) is 14.0. The van der Waals surface area contributed by atoms with Crippen LogP contribution in [0, 0.1) is 0 Å². The first-order chi connectivity index (χ1) is 12.7. The molecule has 0 fully saturated rings. The van der Waals surface area contributed by atoms with Crippen molar-refractivity contribution in [1.82, 2.24) is 14.6 Å². The molecule has 128 valence electrons. The van der Waals surface area contributed by atoms with Crippen molar-refractivity contribution in [1.29, 1.82) is 0 Å². The van der Waals surface area contributed by atoms with Crippen molar-refractivity contribution >= 4 is 17.2 Å². The number of aromatic nitrogens is 3. The Morgan fingerprint density at radius 3 is 2.50 bits per heavy atom. The summed E-state index contributed by atoms with van der Waals surface area (Å²) < 4.78 is 1.64. The van der Waals surface area contributed by atoms with Crippen LogP contribution in [0.1, 0.15) is 15.9 Å². The lowest BCUT2D eigenvalue weighted by molar-refractivity contribution is 0.100. The zero-order valence-electron chi connectivity index (χ0n) is 14.0. The Hall–Kier alpha value is -3.67. The first-order valence-electron chi connectivity index (χ1n) is 8.23. The molecule has 2 heterocycles. The Morgan fingerprint density at radius 2 is 1.77 bits per heavy atom. The highest BCUT2D eigenvalue weighted by atomic mass is 16.1. The molecule has 6 nitrogen and oxygen atoms in total. The normalized spacial score (nSPS) is 10.8. The maximum Gasteiger partial charge on any atom is 0.252 e. The molecule has 4 rings (SSSR count). The van der Waals surface area contributed by atoms with E-state index in [1.54, 1.807) is 10.6 Å². The molecule has 1 amide bonds. The number of carbonyl (C=O) groups is 1. The molecule has 0 unspecified atom stereocenters. The number of hydrogen-bond acceptors (Lipinski definition) is 4. The highest BCUT2D eigenvalue weighted by molar-refractivity contribution is 5.99. The molecule has 0 radical (unpaired) electrons. The summed E-state index contributed by atoms with van der Waals surface area (Å²) in [7, 11) is 0. The predicted octanol–water partition coefficient (Wildman–Crippen LogP) is 3.11. The van der Waals surface area contributed by atoms with Crippen molar-refractivity contribution in [2.24, 2.45) is 5.73 Å². The van der Waals surface area contributed by atoms with Gasteiger partial charge < -0.3 is 11.1 Å². The third-order valence-electron chi connectivity index (χ3n) is 4.21. The Kier molecular flexibility index (Phi) is 4.07. The Balaban J connectivity index is 1.59. The standard InChI is InChI=1S/C20H17N5O/c21-19(26)17-10-11-18(25-20(17)23-13-24-25)15-8-6-14(7-9-15)12-22-16-4-2-1-3-5-16/h1-11,13,22H,12H2,(H2,21,26). The van der Waals surface area contributed by atoms with E-state index in [0.717, 1.165) is 23.5 Å². The van der Waals surface area contributed by atoms with Crippen LogP contribution in [0.25, 0.3) is 16.9 Å². The topological polar surface area (TPSA) is 85.3 Å². The van der Waals surface area contributed by atoms with E-state index >= 15 is 0 Å². The van der Waals surface area contributed by atoms with Crippen LogP contribution < -0.4 is 11.1 Å². The first kappa shape index (κ1) is 15.8. The molecule has 0 bridgehead atoms. The minimum absolute atomic E-state index is 0.356. The highest BCUT2D eigenvalue weighted by Crippen LogP contribution is 2.22. The molecule has 0 saturated carbocycles. The van der Waals surface area contributed by atoms with Gasteiger partial charge in [-0.05, 0) is 29.8 Å². The van der Waals surface area contributed by atoms with E-state index in [4.69, 9.17) is 5.73 Å². The van der Waals surface area contributed by atoms with Crippen molar-refractivity contribution < 1.29 is 4.79 Å². The van der Waals surface area contributed by atoms with E-state index in [0.29, 0.717) is 11.2 Å². The van der Waals surface area contributed by atoms with Crippen LogP contribution in [0.4, 0.5) is 5.69 Å². The minimum Gasteiger partial charge on any atom is -0.381 e. The maximum atomic E-state index is 11.5. The van der Waals surface area contributed by atoms with Crippen LogP contribution in [0.2, 0.25) is 0 Å². The van der Waals surface area contributed by atoms with Crippen LogP contribution in [0.15, 0.2) is 73.1 Å². The molecule has 6 heteroatoms. The number of rotatable bonds is 5. The van der Waals surface area contributed by atoms with Gasteiger partial charge in [-0.2, -0.15) is 5.10 Å². The molecule has 0 spiro atoms. The van der Waals surface area contributed by atoms with Gasteiger partial charge in [-0.25, -0.2) is 9.50 Å². The fourth-order valence-electron chi connectivity index (χ4n) is 2.87. The van der Waals surface area contributed by atoms with Gasteiger partial charge in [0.05, 0.1) is 11.3 Å². The second-order valence-corrected chi connectivity index (χ2v) is 5.91. The lowest BCUT2D eigenvalue weighted by Crippen LogP contribution is -2.13. The maximum absolute atomic E-state index is 11.5. The molecular weight excluding hydrogens is 326 g/mol. The van der Waals surface area contributed by atoms with Crippen molar-refractivity contribution in [2.75, 3.05) is 5.32 Å². The summed E-state index contributed by atoms with van der Waals surface area (Å²) in [6, 6.07) is 21.8. The number of anilines is 1. The van der Waals surface area contributed by atoms with E-state index in [9.17, 15) is 4.79 Å². The van der Waals surface area contributed by atoms with E-state index in [1.165, 1.54) is 11.9 Å². The molecule has 0 aliphatic rings. The average molecular weight is 343 g/mol. The Labute approximate surface area is 150 Å². The molecule has 2 aromatic heterocycles. The molecule has 3 N–H and O–H groups in total. The van der Waals surface area contributed by atoms with E-state index in [1.807, 2.05) is 48.5 Å². The molecular formula is C20H17N5O. The van der Waals surface area contributed by atoms with Crippen LogP contribution in [-0.2, 0) is 6.54 Å². The zero-order chi connectivity index (χ0) is 17.9. The summed E-state index contributed by atoms with van der Waals surface area (Å²) in [5.74, 6) is -0.517. The Morgan fingerprint density at radius 1 is 1.00 bits per heavy atom. The molecule has 0 aliphatic carbocycles. The van der Waals surface area contributed by atoms with Crippen molar-refractivity contribution in [3.63, 3.8) is 0 Å². The van der Waals surface area contributed by atoms with E-state index in [-0.39, 0.29) is 0 Å². The minimum atomic E-state index is -0.517. The van der Waals surface area contributed by atoms with Gasteiger partial charge in [0.1, 0.15) is 6.33 Å². The van der Waals surface area contributed by atoms with Gasteiger partial charge in [-0.1, -0.05) is 42.5 Å². The summed E-state index contributed by atoms with van der Waals surface area (Å²) in [4.78, 5) is 15.7. The number of amides is 1. The summed E-state index contributed by atoms with van der Waals surface area (Å²) in [5, 5.41) is 7.61. The van der Waals surface area contributed by atoms with Crippen molar-refractivity contribution in [3.05, 3.63) is 84.2 Å². The van der Waals surface area contributed by atoms with Gasteiger partial charge in [-0.15, -0.1) is 0 Å². The van der Waals surface area contributed by atoms with E-state index in [2.05, 4.69) is 27.5 Å². The monoisotopic (exact) mass is 343 g/mol. The predicted molar refractivity (Wildman–Crippen MR) is 101 cm³/mol. The number of nitrogens with one attached hydrogen (secondary N) is 1. The second-order valence-electron chi connectivity index (χ2n) is 5.91. The lowest BCUT2D eigenvalue weighted by Gasteiger charge is -2.09. The van der Waals surface area contributed by atoms with Gasteiger partial charge in [0.15, 0.2) is 5.65 Å². The quantitative estimate of drug-likeness (QED) is 0.583. The number of benzene rings is 2. The molecule has 2 aromatic carbocycles. The van der Waals surface area contributed by atoms with Crippen molar-refractivity contribution in [2.45, 2.75) is 6.54 Å². The van der Waals surface area contributed by atoms with Gasteiger partial charge >= 0.3 is 0 Å². The highest BCUT2D eigenvalue weighted by Gasteiger charge is 2.13. The fourth-order valence-corrected chi connectivity index (χ4v) is 2.87. The van der Waals surface area contributed by atoms with Crippen molar-refractivity contribution in [3.8, 4) is 11.3 Å². The van der Waals surface area contributed by atoms with Gasteiger partial charge in [0, 0.05) is 17.8 Å². The average Bonchev–Trinajstić information content (AvgIpc) is 3.16. The number of primary amides is 1. The summed E-state index contributed by atoms with van der Waals surface area (Å²) >= 11 is 0. The number of nitrogens with two attached hydrogens (primary N) is 1. The van der Waals surface area contributed by atoms with Crippen LogP contribution in [-0.4, -0.2) is 20.5 Å². The van der Waals surface area contributed by atoms with E-state index < -0.39 is 5.91 Å². The molecule has 0 aliphatic heterocycles. The van der Waals surface area contributed by atoms with Gasteiger partial charge in [0.2, 0.25) is 0 Å². The fraction of sp³-hybridized carbons (Fsp3) is 0.0500. The third kappa shape index (κ3) is 3.00. The lowest BCUT2D eigenvalue weighted by atomic mass is 10.1. The van der Waals surface area contributed by atoms with Crippen LogP contribution >= 0.6 is 0 Å². The number of pyridine rings is 1. The number of hydrogen-bond donors (Lipinski definition) is 2. The van der Waals surface area contributed by atoms with Gasteiger partial charge in [0.25, 0.3) is 5.91 Å². The summed E-state index contributed by atoms with van der Waals surface area (Å²) in [6.07, 6.45) is 1.42.